The molecule has 0 aromatic rings. The predicted molar refractivity (Wildman–Crippen MR) is 34.3 cm³/mol. The third-order valence-corrected chi connectivity index (χ3v) is 0.493. The SMILES string of the molecule is C=CCCC.O=N[O-]. The molecule has 3 nitrogen and oxygen atoms in total. The van der Waals surface area contributed by atoms with Crippen LogP contribution in [-0.4, -0.2) is 0 Å². The van der Waals surface area contributed by atoms with Crippen LogP contribution in [0.4, 0.5) is 0 Å². The molecule has 0 radical (unpaired) electrons. The number of allylic oxidation sites excluding steroid dienone is 1. The molecule has 0 aliphatic rings. The highest BCUT2D eigenvalue weighted by atomic mass is 16.6. The zero-order valence-electron chi connectivity index (χ0n) is 4.96. The van der Waals surface area contributed by atoms with Crippen LogP contribution in [0.2, 0.25) is 0 Å². The minimum atomic E-state index is 1.00. The Balaban J connectivity index is 0. The standard InChI is InChI=1S/C5H10.HNO2/c1-3-5-4-2;2-1-3/h3H,1,4-5H2,2H3;(H,2,3)/p-1. The molecule has 0 aliphatic heterocycles. The Kier molecular flexibility index (Phi) is 21.0. The summed E-state index contributed by atoms with van der Waals surface area (Å²) in [6.07, 6.45) is 4.31. The summed E-state index contributed by atoms with van der Waals surface area (Å²) in [6.45, 7) is 5.69. The lowest BCUT2D eigenvalue weighted by Gasteiger charge is -1.72. The van der Waals surface area contributed by atoms with Crippen molar-refractivity contribution < 1.29 is 0 Å². The minimum Gasteiger partial charge on any atom is -0.444 e. The van der Waals surface area contributed by atoms with E-state index in [9.17, 15) is 0 Å². The number of hydrogen-bond donors (Lipinski definition) is 0. The first kappa shape index (κ1) is 10.2. The van der Waals surface area contributed by atoms with Gasteiger partial charge in [-0.3, -0.25) is 0 Å². The Bertz CT molecular complexity index is 54.4. The first-order valence-electron chi connectivity index (χ1n) is 2.39. The summed E-state index contributed by atoms with van der Waals surface area (Å²) >= 11 is 0. The van der Waals surface area contributed by atoms with Crippen molar-refractivity contribution in [2.75, 3.05) is 0 Å². The normalized spacial score (nSPS) is 6.12. The molecule has 0 fully saturated rings. The maximum Gasteiger partial charge on any atom is -0.0356 e. The highest BCUT2D eigenvalue weighted by molar-refractivity contribution is 4.63. The lowest BCUT2D eigenvalue weighted by Crippen LogP contribution is -1.52. The van der Waals surface area contributed by atoms with Gasteiger partial charge in [0.1, 0.15) is 0 Å². The van der Waals surface area contributed by atoms with E-state index in [1.807, 2.05) is 6.08 Å². The van der Waals surface area contributed by atoms with Crippen LogP contribution in [0.15, 0.2) is 18.0 Å². The fraction of sp³-hybridized carbons (Fsp3) is 0.600. The quantitative estimate of drug-likeness (QED) is 0.315. The maximum absolute atomic E-state index is 8.00. The van der Waals surface area contributed by atoms with Crippen molar-refractivity contribution in [2.45, 2.75) is 19.8 Å². The first-order valence-corrected chi connectivity index (χ1v) is 2.39. The molecule has 0 aromatic heterocycles. The van der Waals surface area contributed by atoms with E-state index in [-0.39, 0.29) is 0 Å². The zero-order valence-corrected chi connectivity index (χ0v) is 4.96. The van der Waals surface area contributed by atoms with Crippen molar-refractivity contribution in [2.24, 2.45) is 5.34 Å². The molecule has 0 unspecified atom stereocenters. The molecule has 8 heavy (non-hydrogen) atoms. The molecule has 0 N–H and O–H groups in total. The molecular formula is C5H10NO2-. The Hall–Kier alpha value is -0.860. The van der Waals surface area contributed by atoms with Gasteiger partial charge in [0.05, 0.1) is 0 Å². The molecule has 0 saturated heterocycles. The number of hydrogen-bond acceptors (Lipinski definition) is 3. The summed E-state index contributed by atoms with van der Waals surface area (Å²) in [5.74, 6) is 0. The van der Waals surface area contributed by atoms with Crippen LogP contribution >= 0.6 is 0 Å². The molecule has 0 spiro atoms. The maximum atomic E-state index is 8.00. The number of rotatable bonds is 2. The van der Waals surface area contributed by atoms with E-state index in [2.05, 4.69) is 13.5 Å². The van der Waals surface area contributed by atoms with E-state index >= 15 is 0 Å². The van der Waals surface area contributed by atoms with Crippen molar-refractivity contribution in [3.05, 3.63) is 22.8 Å². The van der Waals surface area contributed by atoms with Gasteiger partial charge >= 0.3 is 0 Å². The molecule has 0 amide bonds. The predicted octanol–water partition coefficient (Wildman–Crippen LogP) is 2.22. The summed E-state index contributed by atoms with van der Waals surface area (Å²) < 4.78 is 0. The summed E-state index contributed by atoms with van der Waals surface area (Å²) in [4.78, 5) is 8.00. The van der Waals surface area contributed by atoms with Crippen LogP contribution in [0, 0.1) is 10.1 Å². The van der Waals surface area contributed by atoms with Crippen molar-refractivity contribution >= 4 is 0 Å². The van der Waals surface area contributed by atoms with Crippen molar-refractivity contribution in [1.82, 2.24) is 0 Å². The molecule has 0 saturated carbocycles. The smallest absolute Gasteiger partial charge is 0.0356 e. The first-order chi connectivity index (χ1) is 3.83. The third-order valence-electron chi connectivity index (χ3n) is 0.493. The summed E-state index contributed by atoms with van der Waals surface area (Å²) in [6, 6.07) is 0. The van der Waals surface area contributed by atoms with Gasteiger partial charge in [0.25, 0.3) is 0 Å². The van der Waals surface area contributed by atoms with Crippen molar-refractivity contribution in [3.63, 3.8) is 0 Å². The molecule has 0 aliphatic carbocycles. The third kappa shape index (κ3) is 67.8. The van der Waals surface area contributed by atoms with Gasteiger partial charge in [0.15, 0.2) is 0 Å². The van der Waals surface area contributed by atoms with Gasteiger partial charge in [-0.15, -0.1) is 11.9 Å². The minimum absolute atomic E-state index is 1.00. The van der Waals surface area contributed by atoms with Crippen LogP contribution in [0.1, 0.15) is 19.8 Å². The van der Waals surface area contributed by atoms with E-state index in [1.165, 1.54) is 6.42 Å². The molecular weight excluding hydrogens is 106 g/mol. The van der Waals surface area contributed by atoms with Crippen LogP contribution in [0.5, 0.6) is 0 Å². The average Bonchev–Trinajstić information content (AvgIpc) is 1.71. The van der Waals surface area contributed by atoms with Gasteiger partial charge in [-0.1, -0.05) is 19.4 Å². The van der Waals surface area contributed by atoms with Gasteiger partial charge in [0.2, 0.25) is 0 Å². The highest BCUT2D eigenvalue weighted by Gasteiger charge is 1.61. The molecule has 48 valence electrons. The van der Waals surface area contributed by atoms with Crippen molar-refractivity contribution in [3.8, 4) is 0 Å². The Morgan fingerprint density at radius 2 is 2.25 bits per heavy atom. The number of nitrogens with zero attached hydrogens (tertiary/aromatic N) is 1. The van der Waals surface area contributed by atoms with Crippen LogP contribution in [0.25, 0.3) is 0 Å². The summed E-state index contributed by atoms with van der Waals surface area (Å²) in [7, 11) is 0. The van der Waals surface area contributed by atoms with Crippen LogP contribution < -0.4 is 0 Å². The van der Waals surface area contributed by atoms with Gasteiger partial charge in [-0.2, -0.15) is 0 Å². The Morgan fingerprint density at radius 1 is 1.88 bits per heavy atom. The fourth-order valence-corrected chi connectivity index (χ4v) is 0.204. The van der Waals surface area contributed by atoms with Gasteiger partial charge in [0, 0.05) is 0 Å². The summed E-state index contributed by atoms with van der Waals surface area (Å²) in [5.41, 5.74) is 0. The lowest BCUT2D eigenvalue weighted by atomic mass is 10.3. The Labute approximate surface area is 49.0 Å². The molecule has 0 aromatic carbocycles. The second-order valence-corrected chi connectivity index (χ2v) is 1.15. The lowest BCUT2D eigenvalue weighted by molar-refractivity contribution is 0.961. The zero-order chi connectivity index (χ0) is 6.83. The largest absolute Gasteiger partial charge is 0.444 e. The van der Waals surface area contributed by atoms with E-state index < -0.39 is 0 Å². The summed E-state index contributed by atoms with van der Waals surface area (Å²) in [5, 5.41) is 9.00. The number of unbranched alkanes of at least 4 members (excludes halogenated alkanes) is 1. The fourth-order valence-electron chi connectivity index (χ4n) is 0.204. The van der Waals surface area contributed by atoms with Crippen LogP contribution in [-0.2, 0) is 0 Å². The molecule has 3 heteroatoms. The topological polar surface area (TPSA) is 52.5 Å². The van der Waals surface area contributed by atoms with Crippen molar-refractivity contribution in [1.29, 1.82) is 0 Å². The molecule has 0 atom stereocenters. The van der Waals surface area contributed by atoms with E-state index in [0.717, 1.165) is 11.8 Å². The van der Waals surface area contributed by atoms with E-state index in [4.69, 9.17) is 10.1 Å². The van der Waals surface area contributed by atoms with Gasteiger partial charge in [-0.05, 0) is 6.42 Å². The average molecular weight is 116 g/mol. The van der Waals surface area contributed by atoms with Gasteiger partial charge < -0.3 is 10.1 Å². The molecule has 0 rings (SSSR count). The van der Waals surface area contributed by atoms with Gasteiger partial charge in [-0.25, -0.2) is 0 Å². The highest BCUT2D eigenvalue weighted by Crippen LogP contribution is 1.82. The van der Waals surface area contributed by atoms with E-state index in [0.29, 0.717) is 0 Å². The second-order valence-electron chi connectivity index (χ2n) is 1.15. The molecule has 0 bridgehead atoms. The van der Waals surface area contributed by atoms with Crippen LogP contribution in [0.3, 0.4) is 0 Å². The second kappa shape index (κ2) is 16.5. The van der Waals surface area contributed by atoms with E-state index in [1.54, 1.807) is 0 Å². The Morgan fingerprint density at radius 3 is 2.25 bits per heavy atom. The molecule has 0 heterocycles. The monoisotopic (exact) mass is 116 g/mol.